The van der Waals surface area contributed by atoms with Crippen LogP contribution >= 0.6 is 0 Å². The van der Waals surface area contributed by atoms with Gasteiger partial charge in [0.2, 0.25) is 0 Å². The van der Waals surface area contributed by atoms with Crippen LogP contribution in [0, 0.1) is 0 Å². The van der Waals surface area contributed by atoms with E-state index in [0.717, 1.165) is 19.5 Å². The summed E-state index contributed by atoms with van der Waals surface area (Å²) in [4.78, 5) is 7.59. The number of nitrogens with zero attached hydrogens (tertiary/aromatic N) is 3. The number of hydrogen-bond acceptors (Lipinski definition) is 3. The van der Waals surface area contributed by atoms with Crippen molar-refractivity contribution in [3.63, 3.8) is 0 Å². The second-order valence-corrected chi connectivity index (χ2v) is 7.03. The predicted octanol–water partition coefficient (Wildman–Crippen LogP) is 2.70. The van der Waals surface area contributed by atoms with Crippen molar-refractivity contribution < 1.29 is 0 Å². The molecule has 0 radical (unpaired) electrons. The number of likely N-dealkylation sites (tertiary alicyclic amines) is 1. The Bertz CT molecular complexity index is 471. The van der Waals surface area contributed by atoms with Crippen LogP contribution < -0.4 is 5.32 Å². The van der Waals surface area contributed by atoms with E-state index in [1.807, 2.05) is 0 Å². The van der Waals surface area contributed by atoms with Crippen molar-refractivity contribution in [2.24, 2.45) is 0 Å². The second-order valence-electron chi connectivity index (χ2n) is 7.03. The number of imidazole rings is 1. The predicted molar refractivity (Wildman–Crippen MR) is 86.7 cm³/mol. The van der Waals surface area contributed by atoms with Gasteiger partial charge in [0.05, 0.1) is 5.69 Å². The minimum Gasteiger partial charge on any atom is -0.327 e. The number of piperidine rings is 1. The molecule has 2 aliphatic rings. The first kappa shape index (κ1) is 15.0. The molecule has 0 aromatic carbocycles. The van der Waals surface area contributed by atoms with Gasteiger partial charge in [-0.1, -0.05) is 20.3 Å². The summed E-state index contributed by atoms with van der Waals surface area (Å²) in [6, 6.07) is 0.537. The second kappa shape index (κ2) is 6.49. The largest absolute Gasteiger partial charge is 0.327 e. The van der Waals surface area contributed by atoms with E-state index in [9.17, 15) is 0 Å². The highest BCUT2D eigenvalue weighted by molar-refractivity contribution is 5.22. The summed E-state index contributed by atoms with van der Waals surface area (Å²) >= 11 is 0. The normalized spacial score (nSPS) is 21.5. The van der Waals surface area contributed by atoms with Crippen LogP contribution in [0.2, 0.25) is 0 Å². The highest BCUT2D eigenvalue weighted by Gasteiger charge is 2.25. The summed E-state index contributed by atoms with van der Waals surface area (Å²) < 4.78 is 2.56. The summed E-state index contributed by atoms with van der Waals surface area (Å²) in [5.74, 6) is 1.78. The summed E-state index contributed by atoms with van der Waals surface area (Å²) in [5, 5.41) is 3.45. The molecule has 118 valence electrons. The van der Waals surface area contributed by atoms with Crippen molar-refractivity contribution >= 4 is 0 Å². The third kappa shape index (κ3) is 3.16. The first-order valence-electron chi connectivity index (χ1n) is 8.69. The molecule has 1 aromatic rings. The van der Waals surface area contributed by atoms with Crippen molar-refractivity contribution in [2.75, 3.05) is 26.2 Å². The van der Waals surface area contributed by atoms with Gasteiger partial charge in [-0.05, 0) is 32.9 Å². The molecule has 21 heavy (non-hydrogen) atoms. The Balaban J connectivity index is 1.83. The lowest BCUT2D eigenvalue weighted by atomic mass is 10.1. The third-order valence-electron chi connectivity index (χ3n) is 4.88. The maximum Gasteiger partial charge on any atom is 0.112 e. The molecule has 4 heteroatoms. The molecule has 0 saturated carbocycles. The van der Waals surface area contributed by atoms with Crippen LogP contribution in [-0.2, 0) is 13.0 Å². The minimum absolute atomic E-state index is 0.499. The van der Waals surface area contributed by atoms with E-state index >= 15 is 0 Å². The van der Waals surface area contributed by atoms with Crippen molar-refractivity contribution in [3.8, 4) is 0 Å². The van der Waals surface area contributed by atoms with Gasteiger partial charge in [-0.3, -0.25) is 0 Å². The van der Waals surface area contributed by atoms with Gasteiger partial charge in [0.1, 0.15) is 5.82 Å². The van der Waals surface area contributed by atoms with Gasteiger partial charge >= 0.3 is 0 Å². The first-order valence-corrected chi connectivity index (χ1v) is 8.69. The van der Waals surface area contributed by atoms with Crippen molar-refractivity contribution in [1.29, 1.82) is 0 Å². The molecule has 1 saturated heterocycles. The molecule has 3 heterocycles. The summed E-state index contributed by atoms with van der Waals surface area (Å²) in [6.07, 6.45) is 5.28. The molecule has 1 N–H and O–H groups in total. The van der Waals surface area contributed by atoms with E-state index in [1.165, 1.54) is 56.1 Å². The molecule has 3 rings (SSSR count). The van der Waals surface area contributed by atoms with E-state index < -0.39 is 0 Å². The van der Waals surface area contributed by atoms with E-state index in [0.29, 0.717) is 12.0 Å². The zero-order chi connectivity index (χ0) is 14.8. The van der Waals surface area contributed by atoms with Gasteiger partial charge in [0.15, 0.2) is 0 Å². The van der Waals surface area contributed by atoms with Crippen molar-refractivity contribution in [2.45, 2.75) is 65.0 Å². The fraction of sp³-hybridized carbons (Fsp3) is 0.824. The number of rotatable bonds is 4. The molecule has 1 unspecified atom stereocenters. The highest BCUT2D eigenvalue weighted by Crippen LogP contribution is 2.26. The van der Waals surface area contributed by atoms with E-state index in [4.69, 9.17) is 4.98 Å². The van der Waals surface area contributed by atoms with Crippen LogP contribution in [-0.4, -0.2) is 40.6 Å². The Kier molecular flexibility index (Phi) is 4.65. The summed E-state index contributed by atoms with van der Waals surface area (Å²) in [7, 11) is 0. The van der Waals surface area contributed by atoms with E-state index in [-0.39, 0.29) is 0 Å². The van der Waals surface area contributed by atoms with Gasteiger partial charge in [0, 0.05) is 43.7 Å². The number of nitrogens with one attached hydrogen (secondary N) is 1. The molecule has 0 aliphatic carbocycles. The Morgan fingerprint density at radius 1 is 1.14 bits per heavy atom. The van der Waals surface area contributed by atoms with Crippen LogP contribution in [0.3, 0.4) is 0 Å². The smallest absolute Gasteiger partial charge is 0.112 e. The van der Waals surface area contributed by atoms with Crippen LogP contribution in [0.15, 0.2) is 0 Å². The molecular formula is C17H30N4. The molecule has 0 amide bonds. The van der Waals surface area contributed by atoms with Gasteiger partial charge in [-0.2, -0.15) is 0 Å². The zero-order valence-corrected chi connectivity index (χ0v) is 13.9. The Morgan fingerprint density at radius 3 is 2.62 bits per heavy atom. The van der Waals surface area contributed by atoms with Crippen LogP contribution in [0.1, 0.15) is 69.2 Å². The average Bonchev–Trinajstić information content (AvgIpc) is 2.88. The fourth-order valence-electron chi connectivity index (χ4n) is 3.85. The van der Waals surface area contributed by atoms with Crippen molar-refractivity contribution in [3.05, 3.63) is 17.2 Å². The maximum atomic E-state index is 4.95. The molecular weight excluding hydrogens is 260 g/mol. The Hall–Kier alpha value is -0.870. The third-order valence-corrected chi connectivity index (χ3v) is 4.88. The summed E-state index contributed by atoms with van der Waals surface area (Å²) in [5.41, 5.74) is 2.78. The molecule has 0 bridgehead atoms. The van der Waals surface area contributed by atoms with Crippen molar-refractivity contribution in [1.82, 2.24) is 19.8 Å². The molecule has 1 aromatic heterocycles. The van der Waals surface area contributed by atoms with Gasteiger partial charge < -0.3 is 14.8 Å². The van der Waals surface area contributed by atoms with Crippen LogP contribution in [0.25, 0.3) is 0 Å². The zero-order valence-electron chi connectivity index (χ0n) is 13.9. The SMILES string of the molecule is CC(C)c1nc2c(n1C(C)CN1CCCCC1)CCNC2. The minimum atomic E-state index is 0.499. The summed E-state index contributed by atoms with van der Waals surface area (Å²) in [6.45, 7) is 12.7. The topological polar surface area (TPSA) is 33.1 Å². The van der Waals surface area contributed by atoms with Crippen LogP contribution in [0.5, 0.6) is 0 Å². The number of hydrogen-bond donors (Lipinski definition) is 1. The molecule has 2 aliphatic heterocycles. The monoisotopic (exact) mass is 290 g/mol. The molecule has 4 nitrogen and oxygen atoms in total. The number of aromatic nitrogens is 2. The van der Waals surface area contributed by atoms with E-state index in [1.54, 1.807) is 0 Å². The Labute approximate surface area is 128 Å². The number of fused-ring (bicyclic) bond motifs is 1. The van der Waals surface area contributed by atoms with E-state index in [2.05, 4.69) is 35.6 Å². The Morgan fingerprint density at radius 2 is 1.90 bits per heavy atom. The molecule has 0 spiro atoms. The lowest BCUT2D eigenvalue weighted by molar-refractivity contribution is 0.199. The van der Waals surface area contributed by atoms with Gasteiger partial charge in [-0.25, -0.2) is 4.98 Å². The maximum absolute atomic E-state index is 4.95. The fourth-order valence-corrected chi connectivity index (χ4v) is 3.85. The first-order chi connectivity index (χ1) is 10.2. The molecule has 1 fully saturated rings. The molecule has 1 atom stereocenters. The standard InChI is InChI=1S/C17H30N4/c1-13(2)17-19-15-11-18-8-7-16(15)21(17)14(3)12-20-9-5-4-6-10-20/h13-14,18H,4-12H2,1-3H3. The highest BCUT2D eigenvalue weighted by atomic mass is 15.2. The lowest BCUT2D eigenvalue weighted by Gasteiger charge is -2.31. The van der Waals surface area contributed by atoms with Gasteiger partial charge in [0.25, 0.3) is 0 Å². The lowest BCUT2D eigenvalue weighted by Crippen LogP contribution is -2.35. The average molecular weight is 290 g/mol. The van der Waals surface area contributed by atoms with Crippen LogP contribution in [0.4, 0.5) is 0 Å². The quantitative estimate of drug-likeness (QED) is 0.925. The van der Waals surface area contributed by atoms with Gasteiger partial charge in [-0.15, -0.1) is 0 Å².